The molecule has 182 valence electrons. The number of hydrogen-bond donors (Lipinski definition) is 2. The van der Waals surface area contributed by atoms with Gasteiger partial charge in [-0.05, 0) is 48.6 Å². The Kier molecular flexibility index (Phi) is 6.63. The molecular weight excluding hydrogens is 448 g/mol. The van der Waals surface area contributed by atoms with Gasteiger partial charge in [0.15, 0.2) is 5.13 Å². The van der Waals surface area contributed by atoms with Crippen LogP contribution in [0.25, 0.3) is 0 Å². The maximum atomic E-state index is 12.9. The van der Waals surface area contributed by atoms with Gasteiger partial charge in [0.2, 0.25) is 5.91 Å². The first-order valence-electron chi connectivity index (χ1n) is 11.9. The number of aliphatic hydroxyl groups is 1. The molecule has 0 aromatic carbocycles. The van der Waals surface area contributed by atoms with Crippen molar-refractivity contribution in [3.63, 3.8) is 0 Å². The van der Waals surface area contributed by atoms with Crippen LogP contribution >= 0.6 is 11.3 Å². The van der Waals surface area contributed by atoms with E-state index in [-0.39, 0.29) is 47.4 Å². The van der Waals surface area contributed by atoms with E-state index >= 15 is 0 Å². The lowest BCUT2D eigenvalue weighted by Gasteiger charge is -2.53. The first-order chi connectivity index (χ1) is 16.1. The van der Waals surface area contributed by atoms with Crippen molar-refractivity contribution in [2.24, 2.45) is 30.2 Å². The lowest BCUT2D eigenvalue weighted by molar-refractivity contribution is -0.142. The third-order valence-electron chi connectivity index (χ3n) is 8.06. The molecule has 4 rings (SSSR count). The molecule has 1 fully saturated rings. The molecule has 2 aliphatic carbocycles. The van der Waals surface area contributed by atoms with Gasteiger partial charge >= 0.3 is 0 Å². The second-order valence-corrected chi connectivity index (χ2v) is 11.4. The summed E-state index contributed by atoms with van der Waals surface area (Å²) in [7, 11) is 3.55. The molecule has 0 saturated heterocycles. The Hall–Kier alpha value is -2.63. The summed E-state index contributed by atoms with van der Waals surface area (Å²) in [4.78, 5) is 33.1. The van der Waals surface area contributed by atoms with Gasteiger partial charge in [-0.25, -0.2) is 4.98 Å². The normalized spacial score (nSPS) is 28.9. The fourth-order valence-corrected chi connectivity index (χ4v) is 7.46. The summed E-state index contributed by atoms with van der Waals surface area (Å²) in [6.45, 7) is 6.54. The number of terminal acetylenes is 1. The lowest BCUT2D eigenvalue weighted by atomic mass is 9.53. The van der Waals surface area contributed by atoms with Gasteiger partial charge in [-0.3, -0.25) is 14.9 Å². The van der Waals surface area contributed by atoms with Crippen LogP contribution in [-0.2, 0) is 18.3 Å². The van der Waals surface area contributed by atoms with E-state index in [1.165, 1.54) is 16.2 Å². The van der Waals surface area contributed by atoms with Gasteiger partial charge in [0.25, 0.3) is 5.91 Å². The predicted molar refractivity (Wildman–Crippen MR) is 134 cm³/mol. The number of fused-ring (bicyclic) bond motifs is 2. The van der Waals surface area contributed by atoms with Gasteiger partial charge in [-0.1, -0.05) is 26.7 Å². The first-order valence-corrected chi connectivity index (χ1v) is 12.7. The summed E-state index contributed by atoms with van der Waals surface area (Å²) in [5.41, 5.74) is 1.45. The van der Waals surface area contributed by atoms with Crippen molar-refractivity contribution in [1.29, 1.82) is 0 Å². The average molecular weight is 483 g/mol. The molecule has 2 aliphatic rings. The number of anilines is 1. The Morgan fingerprint density at radius 1 is 1.50 bits per heavy atom. The molecule has 0 radical (unpaired) electrons. The molecule has 0 aliphatic heterocycles. The standard InChI is InChI=1S/C26H34N4O3S/c1-7-12-30(6)24(33)15(2)17-10-11-26(4)14-19-21(16(3)20(26)22(17)31)27-25(34-19)28-23(32)18-9-8-13-29(18)5/h1,8-9,13,15-17,20,22,31H,10-12,14H2,2-6H3,(H,27,28,32)/t15-,16-,17+,20+,22-,26-/m0/s1. The number of nitrogens with zero attached hydrogens (tertiary/aromatic N) is 3. The minimum atomic E-state index is -0.608. The third kappa shape index (κ3) is 4.16. The Labute approximate surface area is 205 Å². The van der Waals surface area contributed by atoms with Crippen LogP contribution in [0.2, 0.25) is 0 Å². The van der Waals surface area contributed by atoms with Crippen LogP contribution in [0.1, 0.15) is 60.6 Å². The van der Waals surface area contributed by atoms with Crippen LogP contribution in [0.15, 0.2) is 18.3 Å². The van der Waals surface area contributed by atoms with Crippen molar-refractivity contribution < 1.29 is 14.7 Å². The number of hydrogen-bond acceptors (Lipinski definition) is 5. The highest BCUT2D eigenvalue weighted by Gasteiger charge is 2.54. The van der Waals surface area contributed by atoms with E-state index in [0.717, 1.165) is 25.0 Å². The quantitative estimate of drug-likeness (QED) is 0.639. The van der Waals surface area contributed by atoms with Crippen LogP contribution < -0.4 is 5.32 Å². The zero-order chi connectivity index (χ0) is 24.8. The van der Waals surface area contributed by atoms with Crippen LogP contribution in [0.4, 0.5) is 5.13 Å². The van der Waals surface area contributed by atoms with Gasteiger partial charge in [0.1, 0.15) is 5.69 Å². The monoisotopic (exact) mass is 482 g/mol. The zero-order valence-corrected chi connectivity index (χ0v) is 21.4. The molecular formula is C26H34N4O3S. The molecule has 0 spiro atoms. The van der Waals surface area contributed by atoms with E-state index in [2.05, 4.69) is 25.1 Å². The molecule has 8 heteroatoms. The van der Waals surface area contributed by atoms with Gasteiger partial charge in [-0.15, -0.1) is 17.8 Å². The van der Waals surface area contributed by atoms with Gasteiger partial charge in [-0.2, -0.15) is 0 Å². The predicted octanol–water partition coefficient (Wildman–Crippen LogP) is 3.51. The lowest BCUT2D eigenvalue weighted by Crippen LogP contribution is -2.53. The highest BCUT2D eigenvalue weighted by atomic mass is 32.1. The van der Waals surface area contributed by atoms with Crippen LogP contribution in [0.3, 0.4) is 0 Å². The molecule has 2 N–H and O–H groups in total. The number of rotatable bonds is 5. The Bertz CT molecular complexity index is 1130. The largest absolute Gasteiger partial charge is 0.392 e. The molecule has 2 amide bonds. The highest BCUT2D eigenvalue weighted by molar-refractivity contribution is 7.15. The molecule has 2 aromatic heterocycles. The number of thiazole rings is 1. The van der Waals surface area contributed by atoms with Crippen molar-refractivity contribution in [2.45, 2.75) is 52.1 Å². The fraction of sp³-hybridized carbons (Fsp3) is 0.577. The van der Waals surface area contributed by atoms with E-state index in [1.54, 1.807) is 22.6 Å². The Balaban J connectivity index is 1.55. The van der Waals surface area contributed by atoms with E-state index < -0.39 is 6.10 Å². The average Bonchev–Trinajstić information content (AvgIpc) is 3.38. The molecule has 6 atom stereocenters. The first kappa shape index (κ1) is 24.5. The molecule has 34 heavy (non-hydrogen) atoms. The number of aliphatic hydroxyl groups excluding tert-OH is 1. The third-order valence-corrected chi connectivity index (χ3v) is 9.04. The zero-order valence-electron chi connectivity index (χ0n) is 20.5. The SMILES string of the molecule is C#CCN(C)C(=O)[C@@H](C)[C@H]1CC[C@@]2(C)Cc3sc(NC(=O)c4cccn4C)nc3[C@@H](C)[C@@H]2[C@H]1O. The molecule has 2 aromatic rings. The number of carbonyl (C=O) groups is 2. The summed E-state index contributed by atoms with van der Waals surface area (Å²) < 4.78 is 1.78. The van der Waals surface area contributed by atoms with Crippen LogP contribution in [0, 0.1) is 35.5 Å². The number of aromatic nitrogens is 2. The number of nitrogens with one attached hydrogen (secondary N) is 1. The maximum Gasteiger partial charge on any atom is 0.274 e. The summed E-state index contributed by atoms with van der Waals surface area (Å²) in [6.07, 6.45) is 9.16. The fourth-order valence-electron chi connectivity index (χ4n) is 6.20. The number of amides is 2. The van der Waals surface area contributed by atoms with Crippen molar-refractivity contribution in [1.82, 2.24) is 14.5 Å². The molecule has 0 unspecified atom stereocenters. The summed E-state index contributed by atoms with van der Waals surface area (Å²) in [5, 5.41) is 15.1. The van der Waals surface area contributed by atoms with Gasteiger partial charge in [0, 0.05) is 37.0 Å². The summed E-state index contributed by atoms with van der Waals surface area (Å²) in [6, 6.07) is 3.62. The van der Waals surface area contributed by atoms with E-state index in [0.29, 0.717) is 10.8 Å². The van der Waals surface area contributed by atoms with Crippen molar-refractivity contribution >= 4 is 28.3 Å². The molecule has 0 bridgehead atoms. The van der Waals surface area contributed by atoms with Gasteiger partial charge in [0.05, 0.1) is 18.3 Å². The van der Waals surface area contributed by atoms with Crippen LogP contribution in [-0.4, -0.2) is 51.1 Å². The van der Waals surface area contributed by atoms with Crippen molar-refractivity contribution in [3.8, 4) is 12.3 Å². The topological polar surface area (TPSA) is 87.5 Å². The van der Waals surface area contributed by atoms with E-state index in [4.69, 9.17) is 11.4 Å². The molecule has 1 saturated carbocycles. The number of aryl methyl sites for hydroxylation is 1. The van der Waals surface area contributed by atoms with Crippen LogP contribution in [0.5, 0.6) is 0 Å². The molecule has 7 nitrogen and oxygen atoms in total. The summed E-state index contributed by atoms with van der Waals surface area (Å²) in [5.74, 6) is 1.91. The van der Waals surface area contributed by atoms with E-state index in [9.17, 15) is 14.7 Å². The van der Waals surface area contributed by atoms with Crippen molar-refractivity contribution in [3.05, 3.63) is 34.6 Å². The number of carbonyl (C=O) groups excluding carboxylic acids is 2. The minimum Gasteiger partial charge on any atom is -0.392 e. The molecule has 2 heterocycles. The Morgan fingerprint density at radius 2 is 2.24 bits per heavy atom. The smallest absolute Gasteiger partial charge is 0.274 e. The minimum absolute atomic E-state index is 0.00883. The second-order valence-electron chi connectivity index (χ2n) is 10.3. The highest BCUT2D eigenvalue weighted by Crippen LogP contribution is 2.57. The Morgan fingerprint density at radius 3 is 2.88 bits per heavy atom. The van der Waals surface area contributed by atoms with Crippen molar-refractivity contribution in [2.75, 3.05) is 18.9 Å². The maximum absolute atomic E-state index is 12.9. The summed E-state index contributed by atoms with van der Waals surface area (Å²) >= 11 is 1.53. The second kappa shape index (κ2) is 9.20. The van der Waals surface area contributed by atoms with Gasteiger partial charge < -0.3 is 14.6 Å². The van der Waals surface area contributed by atoms with E-state index in [1.807, 2.05) is 26.2 Å².